The van der Waals surface area contributed by atoms with Gasteiger partial charge in [0.05, 0.1) is 0 Å². The SMILES string of the molecule is C1CCCC(c2nnc(CCNC3CC3)o2)CCC1. The molecule has 106 valence electrons. The van der Waals surface area contributed by atoms with Crippen LogP contribution in [0.15, 0.2) is 4.42 Å². The second-order valence-corrected chi connectivity index (χ2v) is 6.05. The van der Waals surface area contributed by atoms with Crippen molar-refractivity contribution in [3.05, 3.63) is 11.8 Å². The number of nitrogens with zero attached hydrogens (tertiary/aromatic N) is 2. The van der Waals surface area contributed by atoms with Crippen LogP contribution in [0.5, 0.6) is 0 Å². The van der Waals surface area contributed by atoms with Crippen molar-refractivity contribution >= 4 is 0 Å². The average molecular weight is 263 g/mol. The van der Waals surface area contributed by atoms with Crippen LogP contribution in [-0.2, 0) is 6.42 Å². The maximum Gasteiger partial charge on any atom is 0.219 e. The summed E-state index contributed by atoms with van der Waals surface area (Å²) in [5.41, 5.74) is 0. The molecule has 2 fully saturated rings. The zero-order valence-electron chi connectivity index (χ0n) is 11.7. The predicted molar refractivity (Wildman–Crippen MR) is 74.1 cm³/mol. The lowest BCUT2D eigenvalue weighted by Gasteiger charge is -2.15. The van der Waals surface area contributed by atoms with Crippen molar-refractivity contribution in [2.45, 2.75) is 76.2 Å². The van der Waals surface area contributed by atoms with Gasteiger partial charge in [0.15, 0.2) is 0 Å². The van der Waals surface area contributed by atoms with Gasteiger partial charge in [-0.15, -0.1) is 10.2 Å². The highest BCUT2D eigenvalue weighted by Gasteiger charge is 2.21. The van der Waals surface area contributed by atoms with Crippen molar-refractivity contribution in [3.63, 3.8) is 0 Å². The topological polar surface area (TPSA) is 51.0 Å². The van der Waals surface area contributed by atoms with Gasteiger partial charge < -0.3 is 9.73 Å². The third kappa shape index (κ3) is 4.03. The molecule has 1 N–H and O–H groups in total. The molecule has 0 spiro atoms. The zero-order chi connectivity index (χ0) is 12.9. The van der Waals surface area contributed by atoms with Gasteiger partial charge >= 0.3 is 0 Å². The molecule has 2 saturated carbocycles. The molecule has 19 heavy (non-hydrogen) atoms. The van der Waals surface area contributed by atoms with E-state index in [0.717, 1.165) is 30.8 Å². The molecule has 0 radical (unpaired) electrons. The monoisotopic (exact) mass is 263 g/mol. The van der Waals surface area contributed by atoms with E-state index < -0.39 is 0 Å². The van der Waals surface area contributed by atoms with E-state index in [1.165, 1.54) is 57.8 Å². The largest absolute Gasteiger partial charge is 0.425 e. The lowest BCUT2D eigenvalue weighted by molar-refractivity contribution is 0.362. The second-order valence-electron chi connectivity index (χ2n) is 6.05. The first-order valence-corrected chi connectivity index (χ1v) is 7.97. The summed E-state index contributed by atoms with van der Waals surface area (Å²) in [5.74, 6) is 2.21. The fraction of sp³-hybridized carbons (Fsp3) is 0.867. The van der Waals surface area contributed by atoms with Gasteiger partial charge in [-0.3, -0.25) is 0 Å². The van der Waals surface area contributed by atoms with E-state index in [1.54, 1.807) is 0 Å². The molecule has 1 aromatic heterocycles. The van der Waals surface area contributed by atoms with Crippen molar-refractivity contribution in [1.29, 1.82) is 0 Å². The minimum Gasteiger partial charge on any atom is -0.425 e. The fourth-order valence-corrected chi connectivity index (χ4v) is 2.91. The molecule has 0 aliphatic heterocycles. The Kier molecular flexibility index (Phi) is 4.49. The van der Waals surface area contributed by atoms with Crippen molar-refractivity contribution in [2.75, 3.05) is 6.54 Å². The van der Waals surface area contributed by atoms with Crippen molar-refractivity contribution in [3.8, 4) is 0 Å². The molecular formula is C15H25N3O. The van der Waals surface area contributed by atoms with Crippen LogP contribution in [0.4, 0.5) is 0 Å². The number of aromatic nitrogens is 2. The second kappa shape index (κ2) is 6.51. The summed E-state index contributed by atoms with van der Waals surface area (Å²) in [7, 11) is 0. The molecule has 0 saturated heterocycles. The molecule has 2 aliphatic rings. The maximum absolute atomic E-state index is 5.86. The van der Waals surface area contributed by atoms with Crippen molar-refractivity contribution in [1.82, 2.24) is 15.5 Å². The summed E-state index contributed by atoms with van der Waals surface area (Å²) in [5, 5.41) is 12.0. The van der Waals surface area contributed by atoms with Crippen LogP contribution in [0.2, 0.25) is 0 Å². The molecule has 0 aromatic carbocycles. The molecule has 0 atom stereocenters. The van der Waals surface area contributed by atoms with Gasteiger partial charge in [-0.25, -0.2) is 0 Å². The zero-order valence-corrected chi connectivity index (χ0v) is 11.7. The number of nitrogens with one attached hydrogen (secondary N) is 1. The third-order valence-electron chi connectivity index (χ3n) is 4.29. The molecule has 4 heteroatoms. The normalized spacial score (nSPS) is 22.1. The molecule has 1 aromatic rings. The third-order valence-corrected chi connectivity index (χ3v) is 4.29. The molecular weight excluding hydrogens is 238 g/mol. The summed E-state index contributed by atoms with van der Waals surface area (Å²) in [6.45, 7) is 0.969. The minimum atomic E-state index is 0.512. The van der Waals surface area contributed by atoms with Gasteiger partial charge in [0.1, 0.15) is 0 Å². The van der Waals surface area contributed by atoms with Crippen LogP contribution in [-0.4, -0.2) is 22.8 Å². The highest BCUT2D eigenvalue weighted by molar-refractivity contribution is 4.93. The van der Waals surface area contributed by atoms with Crippen LogP contribution in [0, 0.1) is 0 Å². The fourth-order valence-electron chi connectivity index (χ4n) is 2.91. The van der Waals surface area contributed by atoms with Crippen LogP contribution in [0.3, 0.4) is 0 Å². The van der Waals surface area contributed by atoms with Gasteiger partial charge in [0.2, 0.25) is 11.8 Å². The van der Waals surface area contributed by atoms with E-state index >= 15 is 0 Å². The summed E-state index contributed by atoms with van der Waals surface area (Å²) >= 11 is 0. The molecule has 2 aliphatic carbocycles. The van der Waals surface area contributed by atoms with Crippen LogP contribution >= 0.6 is 0 Å². The summed E-state index contributed by atoms with van der Waals surface area (Å²) in [4.78, 5) is 0. The Morgan fingerprint density at radius 2 is 1.68 bits per heavy atom. The number of hydrogen-bond donors (Lipinski definition) is 1. The number of hydrogen-bond acceptors (Lipinski definition) is 4. The Morgan fingerprint density at radius 1 is 0.947 bits per heavy atom. The minimum absolute atomic E-state index is 0.512. The molecule has 4 nitrogen and oxygen atoms in total. The van der Waals surface area contributed by atoms with Gasteiger partial charge in [0.25, 0.3) is 0 Å². The standard InChI is InChI=1S/C15H25N3O/c1-2-4-6-12(7-5-3-1)15-18-17-14(19-15)10-11-16-13-8-9-13/h12-13,16H,1-11H2. The predicted octanol–water partition coefficient (Wildman–Crippen LogP) is 3.19. The summed E-state index contributed by atoms with van der Waals surface area (Å²) in [6, 6.07) is 0.757. The summed E-state index contributed by atoms with van der Waals surface area (Å²) in [6.07, 6.45) is 12.7. The van der Waals surface area contributed by atoms with Gasteiger partial charge in [-0.05, 0) is 25.7 Å². The van der Waals surface area contributed by atoms with Crippen molar-refractivity contribution < 1.29 is 4.42 Å². The Bertz CT molecular complexity index is 378. The van der Waals surface area contributed by atoms with Crippen LogP contribution in [0.25, 0.3) is 0 Å². The molecule has 0 bridgehead atoms. The lowest BCUT2D eigenvalue weighted by atomic mass is 9.91. The smallest absolute Gasteiger partial charge is 0.219 e. The Hall–Kier alpha value is -0.900. The Labute approximate surface area is 115 Å². The Balaban J connectivity index is 1.49. The highest BCUT2D eigenvalue weighted by Crippen LogP contribution is 2.30. The van der Waals surface area contributed by atoms with Crippen molar-refractivity contribution in [2.24, 2.45) is 0 Å². The van der Waals surface area contributed by atoms with Gasteiger partial charge in [-0.2, -0.15) is 0 Å². The first-order chi connectivity index (χ1) is 9.42. The van der Waals surface area contributed by atoms with E-state index in [9.17, 15) is 0 Å². The van der Waals surface area contributed by atoms with E-state index in [1.807, 2.05) is 0 Å². The first-order valence-electron chi connectivity index (χ1n) is 7.97. The molecule has 3 rings (SSSR count). The van der Waals surface area contributed by atoms with E-state index in [4.69, 9.17) is 4.42 Å². The Morgan fingerprint density at radius 3 is 2.42 bits per heavy atom. The highest BCUT2D eigenvalue weighted by atomic mass is 16.4. The van der Waals surface area contributed by atoms with Crippen LogP contribution in [0.1, 0.15) is 75.5 Å². The molecule has 1 heterocycles. The number of rotatable bonds is 5. The van der Waals surface area contributed by atoms with Gasteiger partial charge in [-0.1, -0.05) is 32.1 Å². The van der Waals surface area contributed by atoms with E-state index in [2.05, 4.69) is 15.5 Å². The maximum atomic E-state index is 5.86. The van der Waals surface area contributed by atoms with E-state index in [0.29, 0.717) is 5.92 Å². The van der Waals surface area contributed by atoms with Gasteiger partial charge in [0, 0.05) is 24.9 Å². The quantitative estimate of drug-likeness (QED) is 0.886. The summed E-state index contributed by atoms with van der Waals surface area (Å²) < 4.78 is 5.86. The molecule has 0 unspecified atom stereocenters. The lowest BCUT2D eigenvalue weighted by Crippen LogP contribution is -2.19. The van der Waals surface area contributed by atoms with Crippen LogP contribution < -0.4 is 5.32 Å². The average Bonchev–Trinajstić information content (AvgIpc) is 3.07. The van der Waals surface area contributed by atoms with E-state index in [-0.39, 0.29) is 0 Å². The first kappa shape index (κ1) is 13.1. The molecule has 0 amide bonds.